The maximum Gasteiger partial charge on any atom is 0.240 e. The molecule has 20 heavy (non-hydrogen) atoms. The van der Waals surface area contributed by atoms with E-state index in [1.54, 1.807) is 30.5 Å². The average Bonchev–Trinajstić information content (AvgIpc) is 2.92. The molecule has 1 heterocycles. The number of hydrogen-bond donors (Lipinski definition) is 2. The molecule has 0 aliphatic rings. The summed E-state index contributed by atoms with van der Waals surface area (Å²) in [6.45, 7) is 3.37. The van der Waals surface area contributed by atoms with Gasteiger partial charge in [0.25, 0.3) is 0 Å². The van der Waals surface area contributed by atoms with Crippen molar-refractivity contribution in [3.8, 4) is 0 Å². The third kappa shape index (κ3) is 4.19. The molecule has 6 heteroatoms. The second kappa shape index (κ2) is 6.69. The van der Waals surface area contributed by atoms with Gasteiger partial charge in [0.1, 0.15) is 5.76 Å². The number of nitrogens with one attached hydrogen (secondary N) is 2. The molecule has 0 saturated heterocycles. The Morgan fingerprint density at radius 3 is 2.50 bits per heavy atom. The summed E-state index contributed by atoms with van der Waals surface area (Å²) in [5.41, 5.74) is 1.03. The van der Waals surface area contributed by atoms with Gasteiger partial charge in [0.15, 0.2) is 0 Å². The monoisotopic (exact) mass is 294 g/mol. The number of rotatable bonds is 7. The van der Waals surface area contributed by atoms with E-state index >= 15 is 0 Å². The van der Waals surface area contributed by atoms with Crippen molar-refractivity contribution >= 4 is 10.0 Å². The maximum absolute atomic E-state index is 12.0. The van der Waals surface area contributed by atoms with E-state index in [0.717, 1.165) is 11.3 Å². The Kier molecular flexibility index (Phi) is 4.94. The molecule has 1 aromatic heterocycles. The number of furan rings is 1. The molecule has 2 aromatic rings. The normalized spacial score (nSPS) is 11.7. The Morgan fingerprint density at radius 1 is 1.10 bits per heavy atom. The highest BCUT2D eigenvalue weighted by atomic mass is 32.2. The van der Waals surface area contributed by atoms with E-state index in [9.17, 15) is 8.42 Å². The molecule has 1 aromatic carbocycles. The fourth-order valence-electron chi connectivity index (χ4n) is 1.70. The molecular weight excluding hydrogens is 276 g/mol. The average molecular weight is 294 g/mol. The van der Waals surface area contributed by atoms with Crippen LogP contribution in [0.1, 0.15) is 11.3 Å². The van der Waals surface area contributed by atoms with Gasteiger partial charge in [0.05, 0.1) is 17.7 Å². The number of sulfonamides is 1. The lowest BCUT2D eigenvalue weighted by molar-refractivity contribution is 0.483. The Balaban J connectivity index is 1.76. The predicted molar refractivity (Wildman–Crippen MR) is 76.8 cm³/mol. The summed E-state index contributed by atoms with van der Waals surface area (Å²) in [7, 11) is -3.42. The first-order valence-corrected chi connectivity index (χ1v) is 7.86. The Hall–Kier alpha value is -1.63. The molecule has 2 N–H and O–H groups in total. The van der Waals surface area contributed by atoms with Crippen LogP contribution in [0.15, 0.2) is 52.0 Å². The second-order valence-corrected chi connectivity index (χ2v) is 6.23. The quantitative estimate of drug-likeness (QED) is 0.762. The zero-order valence-corrected chi connectivity index (χ0v) is 12.1. The van der Waals surface area contributed by atoms with Crippen molar-refractivity contribution in [1.29, 1.82) is 0 Å². The molecule has 0 aliphatic heterocycles. The highest BCUT2D eigenvalue weighted by molar-refractivity contribution is 7.89. The van der Waals surface area contributed by atoms with E-state index in [4.69, 9.17) is 4.42 Å². The maximum atomic E-state index is 12.0. The minimum Gasteiger partial charge on any atom is -0.468 e. The molecule has 0 atom stereocenters. The molecule has 0 saturated carbocycles. The Labute approximate surface area is 119 Å². The van der Waals surface area contributed by atoms with Gasteiger partial charge in [-0.25, -0.2) is 13.1 Å². The smallest absolute Gasteiger partial charge is 0.240 e. The summed E-state index contributed by atoms with van der Waals surface area (Å²) in [5.74, 6) is 0.825. The van der Waals surface area contributed by atoms with Gasteiger partial charge in [0.2, 0.25) is 10.0 Å². The van der Waals surface area contributed by atoms with Crippen molar-refractivity contribution in [2.75, 3.05) is 13.1 Å². The van der Waals surface area contributed by atoms with Gasteiger partial charge >= 0.3 is 0 Å². The Morgan fingerprint density at radius 2 is 1.85 bits per heavy atom. The van der Waals surface area contributed by atoms with Gasteiger partial charge in [-0.05, 0) is 31.2 Å². The van der Waals surface area contributed by atoms with Crippen LogP contribution in [-0.2, 0) is 16.6 Å². The van der Waals surface area contributed by atoms with Crippen LogP contribution in [0.4, 0.5) is 0 Å². The van der Waals surface area contributed by atoms with Crippen LogP contribution in [0.25, 0.3) is 0 Å². The van der Waals surface area contributed by atoms with Crippen molar-refractivity contribution < 1.29 is 12.8 Å². The summed E-state index contributed by atoms with van der Waals surface area (Å²) in [5, 5.41) is 3.10. The van der Waals surface area contributed by atoms with Gasteiger partial charge in [-0.3, -0.25) is 0 Å². The third-order valence-corrected chi connectivity index (χ3v) is 4.28. The van der Waals surface area contributed by atoms with Crippen LogP contribution in [0.3, 0.4) is 0 Å². The highest BCUT2D eigenvalue weighted by Crippen LogP contribution is 2.09. The molecule has 0 unspecified atom stereocenters. The zero-order chi connectivity index (χ0) is 14.4. The van der Waals surface area contributed by atoms with Crippen LogP contribution in [0.5, 0.6) is 0 Å². The molecule has 108 valence electrons. The van der Waals surface area contributed by atoms with E-state index in [2.05, 4.69) is 10.0 Å². The molecule has 0 fully saturated rings. The van der Waals surface area contributed by atoms with Crippen LogP contribution in [0, 0.1) is 6.92 Å². The molecule has 2 rings (SSSR count). The first-order valence-electron chi connectivity index (χ1n) is 6.37. The van der Waals surface area contributed by atoms with E-state index in [1.165, 1.54) is 0 Å². The van der Waals surface area contributed by atoms with Crippen molar-refractivity contribution in [2.45, 2.75) is 18.4 Å². The topological polar surface area (TPSA) is 71.3 Å². The summed E-state index contributed by atoms with van der Waals surface area (Å²) >= 11 is 0. The SMILES string of the molecule is Cc1ccc(S(=O)(=O)NCCNCc2ccco2)cc1. The minimum absolute atomic E-state index is 0.286. The van der Waals surface area contributed by atoms with Gasteiger partial charge in [-0.15, -0.1) is 0 Å². The predicted octanol–water partition coefficient (Wildman–Crippen LogP) is 1.66. The lowest BCUT2D eigenvalue weighted by atomic mass is 10.2. The van der Waals surface area contributed by atoms with E-state index < -0.39 is 10.0 Å². The van der Waals surface area contributed by atoms with Gasteiger partial charge in [-0.2, -0.15) is 0 Å². The highest BCUT2D eigenvalue weighted by Gasteiger charge is 2.12. The van der Waals surface area contributed by atoms with Crippen molar-refractivity contribution in [2.24, 2.45) is 0 Å². The van der Waals surface area contributed by atoms with E-state index in [0.29, 0.717) is 19.6 Å². The van der Waals surface area contributed by atoms with Gasteiger partial charge in [0, 0.05) is 13.1 Å². The van der Waals surface area contributed by atoms with Crippen LogP contribution >= 0.6 is 0 Å². The molecule has 0 spiro atoms. The summed E-state index contributed by atoms with van der Waals surface area (Å²) in [4.78, 5) is 0.286. The largest absolute Gasteiger partial charge is 0.468 e. The molecule has 0 amide bonds. The molecule has 0 radical (unpaired) electrons. The van der Waals surface area contributed by atoms with E-state index in [1.807, 2.05) is 19.1 Å². The fraction of sp³-hybridized carbons (Fsp3) is 0.286. The van der Waals surface area contributed by atoms with Crippen LogP contribution in [-0.4, -0.2) is 21.5 Å². The number of hydrogen-bond acceptors (Lipinski definition) is 4. The first kappa shape index (κ1) is 14.8. The third-order valence-electron chi connectivity index (χ3n) is 2.80. The lowest BCUT2D eigenvalue weighted by Gasteiger charge is -2.07. The molecule has 0 bridgehead atoms. The van der Waals surface area contributed by atoms with Crippen LogP contribution < -0.4 is 10.0 Å². The first-order chi connectivity index (χ1) is 9.58. The van der Waals surface area contributed by atoms with Crippen molar-refractivity contribution in [1.82, 2.24) is 10.0 Å². The lowest BCUT2D eigenvalue weighted by Crippen LogP contribution is -2.31. The number of aryl methyl sites for hydroxylation is 1. The van der Waals surface area contributed by atoms with Crippen molar-refractivity contribution in [3.63, 3.8) is 0 Å². The summed E-state index contributed by atoms with van der Waals surface area (Å²) in [6.07, 6.45) is 1.61. The van der Waals surface area contributed by atoms with Crippen LogP contribution in [0.2, 0.25) is 0 Å². The summed E-state index contributed by atoms with van der Waals surface area (Å²) in [6, 6.07) is 10.5. The second-order valence-electron chi connectivity index (χ2n) is 4.47. The fourth-order valence-corrected chi connectivity index (χ4v) is 2.73. The standard InChI is InChI=1S/C14H18N2O3S/c1-12-4-6-14(7-5-12)20(17,18)16-9-8-15-11-13-3-2-10-19-13/h2-7,10,15-16H,8-9,11H2,1H3. The van der Waals surface area contributed by atoms with E-state index in [-0.39, 0.29) is 4.90 Å². The Bertz CT molecular complexity index is 619. The van der Waals surface area contributed by atoms with Crippen molar-refractivity contribution in [3.05, 3.63) is 54.0 Å². The molecule has 5 nitrogen and oxygen atoms in total. The number of benzene rings is 1. The molecule has 0 aliphatic carbocycles. The van der Waals surface area contributed by atoms with Gasteiger partial charge in [-0.1, -0.05) is 17.7 Å². The molecular formula is C14H18N2O3S. The zero-order valence-electron chi connectivity index (χ0n) is 11.3. The minimum atomic E-state index is -3.42. The van der Waals surface area contributed by atoms with Gasteiger partial charge < -0.3 is 9.73 Å². The summed E-state index contributed by atoms with van der Waals surface area (Å²) < 4.78 is 31.7.